The van der Waals surface area contributed by atoms with Gasteiger partial charge in [0.05, 0.1) is 18.2 Å². The molecular formula is C19H19NO3. The average molecular weight is 309 g/mol. The molecule has 0 spiro atoms. The average Bonchev–Trinajstić information content (AvgIpc) is 3.18. The van der Waals surface area contributed by atoms with Crippen LogP contribution in [0.2, 0.25) is 0 Å². The molecular weight excluding hydrogens is 290 g/mol. The van der Waals surface area contributed by atoms with Crippen LogP contribution in [0.3, 0.4) is 0 Å². The molecule has 4 heteroatoms. The highest BCUT2D eigenvalue weighted by Gasteiger charge is 2.34. The van der Waals surface area contributed by atoms with Crippen molar-refractivity contribution in [3.8, 4) is 11.1 Å². The third-order valence-electron chi connectivity index (χ3n) is 4.52. The number of benzene rings is 2. The van der Waals surface area contributed by atoms with Crippen LogP contribution in [0.25, 0.3) is 22.0 Å². The summed E-state index contributed by atoms with van der Waals surface area (Å²) in [6, 6.07) is 18.7. The lowest BCUT2D eigenvalue weighted by Gasteiger charge is -2.15. The van der Waals surface area contributed by atoms with Gasteiger partial charge in [-0.05, 0) is 29.3 Å². The van der Waals surface area contributed by atoms with Crippen LogP contribution < -0.4 is 0 Å². The lowest BCUT2D eigenvalue weighted by atomic mass is 10.0. The molecule has 0 bridgehead atoms. The fraction of sp³-hybridized carbons (Fsp3) is 0.263. The standard InChI is InChI=1S/C19H19NO3/c21-12-18-17(22)11-19(23-18)20-9-8-15-10-14(6-7-16(15)20)13-4-2-1-3-5-13/h1-10,17-19,21-22H,11-12H2/t17-,18+,19+/m0/s1. The van der Waals surface area contributed by atoms with Crippen molar-refractivity contribution in [3.63, 3.8) is 0 Å². The van der Waals surface area contributed by atoms with Gasteiger partial charge in [0.1, 0.15) is 12.3 Å². The summed E-state index contributed by atoms with van der Waals surface area (Å²) in [5, 5.41) is 20.3. The van der Waals surface area contributed by atoms with Crippen LogP contribution in [0.1, 0.15) is 12.6 Å². The first kappa shape index (κ1) is 14.5. The summed E-state index contributed by atoms with van der Waals surface area (Å²) in [6.07, 6.45) is 1.13. The molecule has 1 aliphatic heterocycles. The molecule has 1 aliphatic rings. The van der Waals surface area contributed by atoms with Crippen LogP contribution in [0.5, 0.6) is 0 Å². The normalized spacial score (nSPS) is 24.3. The number of fused-ring (bicyclic) bond motifs is 1. The van der Waals surface area contributed by atoms with Crippen molar-refractivity contribution >= 4 is 10.9 Å². The number of nitrogens with zero attached hydrogens (tertiary/aromatic N) is 1. The summed E-state index contributed by atoms with van der Waals surface area (Å²) >= 11 is 0. The molecule has 3 aromatic rings. The maximum atomic E-state index is 9.92. The Hall–Kier alpha value is -2.14. The van der Waals surface area contributed by atoms with Crippen LogP contribution in [0.15, 0.2) is 60.8 Å². The Morgan fingerprint density at radius 1 is 1.04 bits per heavy atom. The van der Waals surface area contributed by atoms with Gasteiger partial charge in [0.2, 0.25) is 0 Å². The van der Waals surface area contributed by atoms with Gasteiger partial charge in [0.15, 0.2) is 0 Å². The van der Waals surface area contributed by atoms with Gasteiger partial charge in [0.25, 0.3) is 0 Å². The fourth-order valence-electron chi connectivity index (χ4n) is 3.28. The van der Waals surface area contributed by atoms with Crippen LogP contribution in [-0.2, 0) is 4.74 Å². The van der Waals surface area contributed by atoms with E-state index in [0.717, 1.165) is 10.9 Å². The van der Waals surface area contributed by atoms with Gasteiger partial charge in [-0.2, -0.15) is 0 Å². The van der Waals surface area contributed by atoms with E-state index >= 15 is 0 Å². The molecule has 1 saturated heterocycles. The van der Waals surface area contributed by atoms with Crippen LogP contribution in [0.4, 0.5) is 0 Å². The van der Waals surface area contributed by atoms with Gasteiger partial charge in [0, 0.05) is 18.0 Å². The van der Waals surface area contributed by atoms with Crippen molar-refractivity contribution < 1.29 is 14.9 Å². The molecule has 3 atom stereocenters. The van der Waals surface area contributed by atoms with E-state index in [1.54, 1.807) is 0 Å². The number of hydrogen-bond donors (Lipinski definition) is 2. The molecule has 118 valence electrons. The Bertz CT molecular complexity index is 812. The van der Waals surface area contributed by atoms with E-state index in [-0.39, 0.29) is 12.8 Å². The molecule has 1 fully saturated rings. The largest absolute Gasteiger partial charge is 0.394 e. The molecule has 0 amide bonds. The van der Waals surface area contributed by atoms with E-state index in [9.17, 15) is 10.2 Å². The van der Waals surface area contributed by atoms with Gasteiger partial charge < -0.3 is 19.5 Å². The topological polar surface area (TPSA) is 54.6 Å². The van der Waals surface area contributed by atoms with Gasteiger partial charge in [-0.3, -0.25) is 0 Å². The summed E-state index contributed by atoms with van der Waals surface area (Å²) in [5.41, 5.74) is 3.44. The number of hydrogen-bond acceptors (Lipinski definition) is 3. The maximum absolute atomic E-state index is 9.92. The van der Waals surface area contributed by atoms with Crippen molar-refractivity contribution in [2.24, 2.45) is 0 Å². The van der Waals surface area contributed by atoms with Gasteiger partial charge in [-0.15, -0.1) is 0 Å². The highest BCUT2D eigenvalue weighted by Crippen LogP contribution is 2.33. The van der Waals surface area contributed by atoms with Crippen molar-refractivity contribution in [1.82, 2.24) is 4.57 Å². The van der Waals surface area contributed by atoms with Crippen molar-refractivity contribution in [3.05, 3.63) is 60.8 Å². The highest BCUT2D eigenvalue weighted by atomic mass is 16.5. The smallest absolute Gasteiger partial charge is 0.137 e. The molecule has 1 aromatic heterocycles. The molecule has 0 saturated carbocycles. The van der Waals surface area contributed by atoms with Crippen molar-refractivity contribution in [2.75, 3.05) is 6.61 Å². The number of rotatable bonds is 3. The Kier molecular flexibility index (Phi) is 3.65. The van der Waals surface area contributed by atoms with E-state index in [0.29, 0.717) is 6.42 Å². The van der Waals surface area contributed by atoms with Crippen LogP contribution in [-0.4, -0.2) is 33.6 Å². The minimum atomic E-state index is -0.619. The molecule has 0 radical (unpaired) electrons. The molecule has 4 nitrogen and oxygen atoms in total. The molecule has 2 aromatic carbocycles. The number of ether oxygens (including phenoxy) is 1. The monoisotopic (exact) mass is 309 g/mol. The summed E-state index contributed by atoms with van der Waals surface area (Å²) in [4.78, 5) is 0. The second-order valence-corrected chi connectivity index (χ2v) is 5.98. The third-order valence-corrected chi connectivity index (χ3v) is 4.52. The Balaban J connectivity index is 1.69. The van der Waals surface area contributed by atoms with Gasteiger partial charge in [-0.1, -0.05) is 36.4 Å². The molecule has 0 unspecified atom stereocenters. The van der Waals surface area contributed by atoms with Crippen molar-refractivity contribution in [1.29, 1.82) is 0 Å². The first-order chi connectivity index (χ1) is 11.3. The summed E-state index contributed by atoms with van der Waals surface area (Å²) < 4.78 is 7.78. The van der Waals surface area contributed by atoms with E-state index in [1.807, 2.05) is 29.0 Å². The van der Waals surface area contributed by atoms with E-state index in [4.69, 9.17) is 4.74 Å². The predicted octanol–water partition coefficient (Wildman–Crippen LogP) is 2.95. The lowest BCUT2D eigenvalue weighted by molar-refractivity contribution is -0.0428. The minimum absolute atomic E-state index is 0.158. The zero-order chi connectivity index (χ0) is 15.8. The molecule has 4 rings (SSSR count). The lowest BCUT2D eigenvalue weighted by Crippen LogP contribution is -2.24. The Morgan fingerprint density at radius 2 is 1.87 bits per heavy atom. The number of aliphatic hydroxyl groups is 2. The second kappa shape index (κ2) is 5.81. The van der Waals surface area contributed by atoms with Crippen LogP contribution >= 0.6 is 0 Å². The third kappa shape index (κ3) is 2.55. The minimum Gasteiger partial charge on any atom is -0.394 e. The first-order valence-electron chi connectivity index (χ1n) is 7.86. The summed E-state index contributed by atoms with van der Waals surface area (Å²) in [5.74, 6) is 0. The van der Waals surface area contributed by atoms with Crippen LogP contribution in [0, 0.1) is 0 Å². The zero-order valence-electron chi connectivity index (χ0n) is 12.7. The molecule has 2 heterocycles. The zero-order valence-corrected chi connectivity index (χ0v) is 12.7. The summed E-state index contributed by atoms with van der Waals surface area (Å²) in [6.45, 7) is -0.158. The maximum Gasteiger partial charge on any atom is 0.137 e. The van der Waals surface area contributed by atoms with Gasteiger partial charge >= 0.3 is 0 Å². The number of aromatic nitrogens is 1. The fourth-order valence-corrected chi connectivity index (χ4v) is 3.28. The predicted molar refractivity (Wildman–Crippen MR) is 89.0 cm³/mol. The van der Waals surface area contributed by atoms with Gasteiger partial charge in [-0.25, -0.2) is 0 Å². The number of aliphatic hydroxyl groups excluding tert-OH is 2. The van der Waals surface area contributed by atoms with E-state index in [1.165, 1.54) is 11.1 Å². The molecule has 23 heavy (non-hydrogen) atoms. The second-order valence-electron chi connectivity index (χ2n) is 5.98. The molecule has 0 aliphatic carbocycles. The Labute approximate surface area is 134 Å². The SMILES string of the molecule is OC[C@H]1O[C@@H](n2ccc3cc(-c4ccccc4)ccc32)C[C@@H]1O. The first-order valence-corrected chi connectivity index (χ1v) is 7.86. The highest BCUT2D eigenvalue weighted by molar-refractivity contribution is 5.85. The van der Waals surface area contributed by atoms with E-state index < -0.39 is 12.2 Å². The molecule has 2 N–H and O–H groups in total. The van der Waals surface area contributed by atoms with Crippen molar-refractivity contribution in [2.45, 2.75) is 24.9 Å². The quantitative estimate of drug-likeness (QED) is 0.782. The Morgan fingerprint density at radius 3 is 2.61 bits per heavy atom. The van der Waals surface area contributed by atoms with E-state index in [2.05, 4.69) is 36.4 Å². The summed E-state index contributed by atoms with van der Waals surface area (Å²) in [7, 11) is 0.